The van der Waals surface area contributed by atoms with Crippen LogP contribution in [0.4, 0.5) is 5.69 Å². The van der Waals surface area contributed by atoms with Gasteiger partial charge in [0, 0.05) is 5.69 Å². The van der Waals surface area contributed by atoms with E-state index in [0.717, 1.165) is 22.3 Å². The van der Waals surface area contributed by atoms with Crippen molar-refractivity contribution in [2.45, 2.75) is 27.7 Å². The van der Waals surface area contributed by atoms with Gasteiger partial charge in [0.05, 0.1) is 7.11 Å². The Labute approximate surface area is 170 Å². The number of nitrogens with zero attached hydrogens (tertiary/aromatic N) is 1. The first-order valence-electron chi connectivity index (χ1n) is 9.06. The van der Waals surface area contributed by atoms with Gasteiger partial charge in [0.1, 0.15) is 17.4 Å². The van der Waals surface area contributed by atoms with Crippen molar-refractivity contribution in [3.63, 3.8) is 0 Å². The van der Waals surface area contributed by atoms with Gasteiger partial charge >= 0.3 is 5.97 Å². The van der Waals surface area contributed by atoms with Crippen molar-refractivity contribution < 1.29 is 19.1 Å². The number of benzene rings is 2. The van der Waals surface area contributed by atoms with Crippen molar-refractivity contribution in [3.05, 3.63) is 63.7 Å². The second-order valence-corrected chi connectivity index (χ2v) is 6.79. The van der Waals surface area contributed by atoms with Crippen LogP contribution in [-0.2, 0) is 14.3 Å². The topological polar surface area (TPSA) is 88.4 Å². The summed E-state index contributed by atoms with van der Waals surface area (Å²) < 4.78 is 10.1. The molecule has 0 unspecified atom stereocenters. The summed E-state index contributed by atoms with van der Waals surface area (Å²) in [6.45, 7) is 7.35. The number of nitrogens with one attached hydrogen (secondary N) is 1. The van der Waals surface area contributed by atoms with Crippen LogP contribution in [0.3, 0.4) is 0 Å². The highest BCUT2D eigenvalue weighted by Gasteiger charge is 2.13. The van der Waals surface area contributed by atoms with Crippen LogP contribution in [0, 0.1) is 39.0 Å². The number of aryl methyl sites for hydroxylation is 4. The summed E-state index contributed by atoms with van der Waals surface area (Å²) in [6, 6.07) is 11.2. The van der Waals surface area contributed by atoms with Gasteiger partial charge in [-0.25, -0.2) is 4.79 Å². The number of anilines is 1. The summed E-state index contributed by atoms with van der Waals surface area (Å²) in [4.78, 5) is 23.8. The molecule has 150 valence electrons. The lowest BCUT2D eigenvalue weighted by Crippen LogP contribution is -2.14. The molecule has 0 heterocycles. The van der Waals surface area contributed by atoms with E-state index in [1.165, 1.54) is 13.2 Å². The number of rotatable bonds is 6. The van der Waals surface area contributed by atoms with E-state index in [2.05, 4.69) is 10.1 Å². The van der Waals surface area contributed by atoms with Gasteiger partial charge in [0.25, 0.3) is 5.91 Å². The zero-order valence-corrected chi connectivity index (χ0v) is 17.3. The molecular weight excluding hydrogens is 368 g/mol. The second kappa shape index (κ2) is 9.56. The molecular formula is C23H24N2O4. The van der Waals surface area contributed by atoms with Crippen LogP contribution in [0.2, 0.25) is 0 Å². The molecule has 0 aliphatic rings. The van der Waals surface area contributed by atoms with E-state index in [1.807, 2.05) is 52.0 Å². The lowest BCUT2D eigenvalue weighted by atomic mass is 10.0. The Morgan fingerprint density at radius 2 is 1.72 bits per heavy atom. The fourth-order valence-electron chi connectivity index (χ4n) is 2.94. The minimum atomic E-state index is -0.472. The fourth-order valence-corrected chi connectivity index (χ4v) is 2.94. The molecule has 0 saturated heterocycles. The lowest BCUT2D eigenvalue weighted by Gasteiger charge is -2.12. The van der Waals surface area contributed by atoms with Crippen LogP contribution in [0.5, 0.6) is 5.75 Å². The van der Waals surface area contributed by atoms with Gasteiger partial charge < -0.3 is 14.8 Å². The Hall–Kier alpha value is -3.59. The van der Waals surface area contributed by atoms with Crippen LogP contribution in [0.1, 0.15) is 27.8 Å². The Balaban J connectivity index is 2.24. The minimum absolute atomic E-state index is 0.00740. The van der Waals surface area contributed by atoms with Gasteiger partial charge in [-0.2, -0.15) is 5.26 Å². The number of hydrogen-bond donors (Lipinski definition) is 1. The van der Waals surface area contributed by atoms with Crippen molar-refractivity contribution in [1.82, 2.24) is 0 Å². The molecule has 0 radical (unpaired) electrons. The Morgan fingerprint density at radius 1 is 1.07 bits per heavy atom. The van der Waals surface area contributed by atoms with E-state index in [4.69, 9.17) is 4.74 Å². The van der Waals surface area contributed by atoms with Gasteiger partial charge in [-0.1, -0.05) is 17.7 Å². The number of carbonyl (C=O) groups excluding carboxylic acids is 2. The zero-order valence-electron chi connectivity index (χ0n) is 17.3. The molecule has 1 N–H and O–H groups in total. The molecule has 0 atom stereocenters. The van der Waals surface area contributed by atoms with Crippen LogP contribution in [0.15, 0.2) is 35.9 Å². The monoisotopic (exact) mass is 392 g/mol. The van der Waals surface area contributed by atoms with E-state index >= 15 is 0 Å². The Kier molecular flexibility index (Phi) is 7.15. The smallest absolute Gasteiger partial charge is 0.343 e. The Morgan fingerprint density at radius 3 is 2.28 bits per heavy atom. The maximum absolute atomic E-state index is 12.6. The van der Waals surface area contributed by atoms with Gasteiger partial charge in [-0.05, 0) is 74.2 Å². The standard InChI is InChI=1S/C23H24N2O4/c1-14-6-7-20(15(2)8-14)25-23(27)19(12-24)11-18-9-16(3)22(17(4)10-18)29-13-21(26)28-5/h6-11H,13H2,1-5H3,(H,25,27). The highest BCUT2D eigenvalue weighted by atomic mass is 16.6. The minimum Gasteiger partial charge on any atom is -0.481 e. The van der Waals surface area contributed by atoms with Gasteiger partial charge in [0.2, 0.25) is 0 Å². The molecule has 0 spiro atoms. The van der Waals surface area contributed by atoms with E-state index in [1.54, 1.807) is 12.1 Å². The first-order chi connectivity index (χ1) is 13.7. The largest absolute Gasteiger partial charge is 0.481 e. The molecule has 0 aliphatic heterocycles. The number of carbonyl (C=O) groups is 2. The molecule has 0 aliphatic carbocycles. The maximum Gasteiger partial charge on any atom is 0.343 e. The van der Waals surface area contributed by atoms with E-state index in [-0.39, 0.29) is 12.2 Å². The van der Waals surface area contributed by atoms with Crippen molar-refractivity contribution >= 4 is 23.6 Å². The third kappa shape index (κ3) is 5.69. The number of esters is 1. The SMILES string of the molecule is COC(=O)COc1c(C)cc(C=C(C#N)C(=O)Nc2ccc(C)cc2C)cc1C. The molecule has 29 heavy (non-hydrogen) atoms. The van der Waals surface area contributed by atoms with Crippen LogP contribution < -0.4 is 10.1 Å². The number of hydrogen-bond acceptors (Lipinski definition) is 5. The third-order valence-electron chi connectivity index (χ3n) is 4.35. The molecule has 0 fully saturated rings. The van der Waals surface area contributed by atoms with Gasteiger partial charge in [-0.15, -0.1) is 0 Å². The second-order valence-electron chi connectivity index (χ2n) is 6.79. The summed E-state index contributed by atoms with van der Waals surface area (Å²) in [5.74, 6) is -0.367. The summed E-state index contributed by atoms with van der Waals surface area (Å²) in [5.41, 5.74) is 4.94. The molecule has 2 rings (SSSR count). The van der Waals surface area contributed by atoms with E-state index in [9.17, 15) is 14.9 Å². The number of nitriles is 1. The molecule has 0 aromatic heterocycles. The highest BCUT2D eigenvalue weighted by Crippen LogP contribution is 2.26. The quantitative estimate of drug-likeness (QED) is 0.456. The van der Waals surface area contributed by atoms with E-state index < -0.39 is 11.9 Å². The van der Waals surface area contributed by atoms with E-state index in [0.29, 0.717) is 17.0 Å². The predicted molar refractivity (Wildman–Crippen MR) is 112 cm³/mol. The summed E-state index contributed by atoms with van der Waals surface area (Å²) in [7, 11) is 1.30. The molecule has 1 amide bonds. The molecule has 0 bridgehead atoms. The summed E-state index contributed by atoms with van der Waals surface area (Å²) >= 11 is 0. The summed E-state index contributed by atoms with van der Waals surface area (Å²) in [6.07, 6.45) is 1.53. The summed E-state index contributed by atoms with van der Waals surface area (Å²) in [5, 5.41) is 12.2. The first kappa shape index (κ1) is 21.7. The zero-order chi connectivity index (χ0) is 21.6. The highest BCUT2D eigenvalue weighted by molar-refractivity contribution is 6.10. The maximum atomic E-state index is 12.6. The average Bonchev–Trinajstić information content (AvgIpc) is 2.67. The van der Waals surface area contributed by atoms with Gasteiger partial charge in [-0.3, -0.25) is 4.79 Å². The third-order valence-corrected chi connectivity index (χ3v) is 4.35. The predicted octanol–water partition coefficient (Wildman–Crippen LogP) is 4.02. The van der Waals surface area contributed by atoms with Crippen molar-refractivity contribution in [2.24, 2.45) is 0 Å². The average molecular weight is 392 g/mol. The molecule has 6 nitrogen and oxygen atoms in total. The lowest BCUT2D eigenvalue weighted by molar-refractivity contribution is -0.142. The number of ether oxygens (including phenoxy) is 2. The van der Waals surface area contributed by atoms with Crippen molar-refractivity contribution in [2.75, 3.05) is 19.0 Å². The van der Waals surface area contributed by atoms with Crippen LogP contribution >= 0.6 is 0 Å². The van der Waals surface area contributed by atoms with Crippen molar-refractivity contribution in [3.8, 4) is 11.8 Å². The Bertz CT molecular complexity index is 993. The molecule has 2 aromatic carbocycles. The van der Waals surface area contributed by atoms with Crippen molar-refractivity contribution in [1.29, 1.82) is 5.26 Å². The molecule has 2 aromatic rings. The van der Waals surface area contributed by atoms with Gasteiger partial charge in [0.15, 0.2) is 6.61 Å². The van der Waals surface area contributed by atoms with Crippen LogP contribution in [-0.4, -0.2) is 25.6 Å². The van der Waals surface area contributed by atoms with Crippen LogP contribution in [0.25, 0.3) is 6.08 Å². The molecule has 6 heteroatoms. The number of amides is 1. The molecule has 0 saturated carbocycles. The first-order valence-corrected chi connectivity index (χ1v) is 9.06. The fraction of sp³-hybridized carbons (Fsp3) is 0.261. The normalized spacial score (nSPS) is 10.8. The number of methoxy groups -OCH3 is 1.